The predicted molar refractivity (Wildman–Crippen MR) is 84.2 cm³/mol. The summed E-state index contributed by atoms with van der Waals surface area (Å²) in [6.45, 7) is 4.26. The third-order valence-electron chi connectivity index (χ3n) is 4.33. The fraction of sp³-hybridized carbons (Fsp3) is 0.647. The topological polar surface area (TPSA) is 24.5 Å². The predicted octanol–water partition coefficient (Wildman–Crippen LogP) is 3.05. The Kier molecular flexibility index (Phi) is 5.86. The van der Waals surface area contributed by atoms with Crippen molar-refractivity contribution >= 4 is 0 Å². The summed E-state index contributed by atoms with van der Waals surface area (Å²) in [5, 5.41) is 3.66. The first-order valence-corrected chi connectivity index (χ1v) is 7.81. The summed E-state index contributed by atoms with van der Waals surface area (Å²) >= 11 is 0. The highest BCUT2D eigenvalue weighted by Crippen LogP contribution is 2.24. The van der Waals surface area contributed by atoms with Crippen molar-refractivity contribution in [2.24, 2.45) is 0 Å². The van der Waals surface area contributed by atoms with E-state index in [1.54, 1.807) is 7.11 Å². The van der Waals surface area contributed by atoms with Gasteiger partial charge in [-0.1, -0.05) is 31.9 Å². The van der Waals surface area contributed by atoms with E-state index in [4.69, 9.17) is 4.74 Å². The van der Waals surface area contributed by atoms with Gasteiger partial charge in [0, 0.05) is 18.6 Å². The van der Waals surface area contributed by atoms with Crippen molar-refractivity contribution in [1.82, 2.24) is 10.2 Å². The van der Waals surface area contributed by atoms with Crippen molar-refractivity contribution in [3.8, 4) is 5.75 Å². The van der Waals surface area contributed by atoms with Crippen LogP contribution in [-0.4, -0.2) is 37.7 Å². The Bertz CT molecular complexity index is 406. The number of nitrogens with zero attached hydrogens (tertiary/aromatic N) is 1. The molecule has 0 aromatic heterocycles. The minimum atomic E-state index is 0.643. The van der Waals surface area contributed by atoms with Gasteiger partial charge in [0.25, 0.3) is 0 Å². The van der Waals surface area contributed by atoms with E-state index in [2.05, 4.69) is 42.4 Å². The highest BCUT2D eigenvalue weighted by atomic mass is 16.5. The average Bonchev–Trinajstić information content (AvgIpc) is 2.48. The summed E-state index contributed by atoms with van der Waals surface area (Å²) in [4.78, 5) is 2.50. The Morgan fingerprint density at radius 1 is 1.30 bits per heavy atom. The zero-order chi connectivity index (χ0) is 14.4. The van der Waals surface area contributed by atoms with E-state index >= 15 is 0 Å². The molecular formula is C17H28N2O. The molecular weight excluding hydrogens is 248 g/mol. The molecule has 3 heteroatoms. The SMILES string of the molecule is CCNC1CCCCC1N(C)Cc1cccc(OC)c1. The van der Waals surface area contributed by atoms with Crippen molar-refractivity contribution in [3.05, 3.63) is 29.8 Å². The van der Waals surface area contributed by atoms with Crippen LogP contribution in [0.4, 0.5) is 0 Å². The molecule has 0 spiro atoms. The van der Waals surface area contributed by atoms with Crippen molar-refractivity contribution in [2.45, 2.75) is 51.2 Å². The highest BCUT2D eigenvalue weighted by molar-refractivity contribution is 5.28. The number of rotatable bonds is 6. The van der Waals surface area contributed by atoms with Crippen molar-refractivity contribution in [2.75, 3.05) is 20.7 Å². The lowest BCUT2D eigenvalue weighted by Crippen LogP contribution is -2.50. The van der Waals surface area contributed by atoms with Gasteiger partial charge in [0.15, 0.2) is 0 Å². The maximum Gasteiger partial charge on any atom is 0.119 e. The molecule has 2 rings (SSSR count). The van der Waals surface area contributed by atoms with E-state index in [1.165, 1.54) is 31.2 Å². The maximum absolute atomic E-state index is 5.31. The monoisotopic (exact) mass is 276 g/mol. The van der Waals surface area contributed by atoms with Gasteiger partial charge in [0.1, 0.15) is 5.75 Å². The Hall–Kier alpha value is -1.06. The summed E-state index contributed by atoms with van der Waals surface area (Å²) in [5.74, 6) is 0.947. The van der Waals surface area contributed by atoms with Gasteiger partial charge in [-0.05, 0) is 44.1 Å². The standard InChI is InChI=1S/C17H28N2O/c1-4-18-16-10-5-6-11-17(16)19(2)13-14-8-7-9-15(12-14)20-3/h7-9,12,16-18H,4-6,10-11,13H2,1-3H3. The molecule has 1 aliphatic carbocycles. The molecule has 0 bridgehead atoms. The fourth-order valence-electron chi connectivity index (χ4n) is 3.32. The summed E-state index contributed by atoms with van der Waals surface area (Å²) in [6, 6.07) is 9.70. The lowest BCUT2D eigenvalue weighted by atomic mass is 9.89. The summed E-state index contributed by atoms with van der Waals surface area (Å²) in [7, 11) is 3.98. The zero-order valence-electron chi connectivity index (χ0n) is 13.1. The van der Waals surface area contributed by atoms with Crippen molar-refractivity contribution < 1.29 is 4.74 Å². The van der Waals surface area contributed by atoms with Gasteiger partial charge in [-0.2, -0.15) is 0 Å². The van der Waals surface area contributed by atoms with Crippen LogP contribution in [0.25, 0.3) is 0 Å². The van der Waals surface area contributed by atoms with Gasteiger partial charge >= 0.3 is 0 Å². The number of nitrogens with one attached hydrogen (secondary N) is 1. The van der Waals surface area contributed by atoms with Gasteiger partial charge in [0.2, 0.25) is 0 Å². The Morgan fingerprint density at radius 3 is 2.85 bits per heavy atom. The van der Waals surface area contributed by atoms with Crippen molar-refractivity contribution in [1.29, 1.82) is 0 Å². The van der Waals surface area contributed by atoms with E-state index in [1.807, 2.05) is 6.07 Å². The van der Waals surface area contributed by atoms with E-state index in [0.717, 1.165) is 18.8 Å². The molecule has 0 amide bonds. The second-order valence-corrected chi connectivity index (χ2v) is 5.78. The first-order valence-electron chi connectivity index (χ1n) is 7.81. The van der Waals surface area contributed by atoms with Crippen LogP contribution in [0.1, 0.15) is 38.2 Å². The second kappa shape index (κ2) is 7.65. The number of methoxy groups -OCH3 is 1. The molecule has 112 valence electrons. The van der Waals surface area contributed by atoms with Gasteiger partial charge in [-0.3, -0.25) is 4.90 Å². The van der Waals surface area contributed by atoms with Gasteiger partial charge in [-0.25, -0.2) is 0 Å². The summed E-state index contributed by atoms with van der Waals surface area (Å²) in [6.07, 6.45) is 5.33. The maximum atomic E-state index is 5.31. The van der Waals surface area contributed by atoms with Crippen LogP contribution >= 0.6 is 0 Å². The average molecular weight is 276 g/mol. The molecule has 1 N–H and O–H groups in total. The lowest BCUT2D eigenvalue weighted by Gasteiger charge is -2.38. The number of likely N-dealkylation sites (N-methyl/N-ethyl adjacent to an activating group) is 2. The second-order valence-electron chi connectivity index (χ2n) is 5.78. The highest BCUT2D eigenvalue weighted by Gasteiger charge is 2.27. The third kappa shape index (κ3) is 3.97. The van der Waals surface area contributed by atoms with E-state index in [9.17, 15) is 0 Å². The first kappa shape index (κ1) is 15.3. The molecule has 1 aromatic rings. The molecule has 0 heterocycles. The normalized spacial score (nSPS) is 23.0. The largest absolute Gasteiger partial charge is 0.497 e. The lowest BCUT2D eigenvalue weighted by molar-refractivity contribution is 0.144. The van der Waals surface area contributed by atoms with Crippen LogP contribution in [0.5, 0.6) is 5.75 Å². The molecule has 1 aromatic carbocycles. The first-order chi connectivity index (χ1) is 9.74. The quantitative estimate of drug-likeness (QED) is 0.864. The molecule has 20 heavy (non-hydrogen) atoms. The van der Waals surface area contributed by atoms with Crippen LogP contribution in [-0.2, 0) is 6.54 Å². The number of hydrogen-bond donors (Lipinski definition) is 1. The summed E-state index contributed by atoms with van der Waals surface area (Å²) < 4.78 is 5.31. The number of hydrogen-bond acceptors (Lipinski definition) is 3. The molecule has 0 radical (unpaired) electrons. The zero-order valence-corrected chi connectivity index (χ0v) is 13.1. The molecule has 1 fully saturated rings. The van der Waals surface area contributed by atoms with E-state index in [0.29, 0.717) is 12.1 Å². The van der Waals surface area contributed by atoms with Gasteiger partial charge in [0.05, 0.1) is 7.11 Å². The van der Waals surface area contributed by atoms with Crippen LogP contribution in [0, 0.1) is 0 Å². The molecule has 0 aliphatic heterocycles. The molecule has 1 saturated carbocycles. The van der Waals surface area contributed by atoms with E-state index < -0.39 is 0 Å². The number of ether oxygens (including phenoxy) is 1. The fourth-order valence-corrected chi connectivity index (χ4v) is 3.32. The molecule has 3 nitrogen and oxygen atoms in total. The third-order valence-corrected chi connectivity index (χ3v) is 4.33. The minimum Gasteiger partial charge on any atom is -0.497 e. The van der Waals surface area contributed by atoms with Crippen LogP contribution in [0.15, 0.2) is 24.3 Å². The molecule has 2 unspecified atom stereocenters. The summed E-state index contributed by atoms with van der Waals surface area (Å²) in [5.41, 5.74) is 1.33. The van der Waals surface area contributed by atoms with Crippen LogP contribution in [0.3, 0.4) is 0 Å². The Labute approximate surface area is 123 Å². The van der Waals surface area contributed by atoms with E-state index in [-0.39, 0.29) is 0 Å². The molecule has 2 atom stereocenters. The molecule has 0 saturated heterocycles. The smallest absolute Gasteiger partial charge is 0.119 e. The van der Waals surface area contributed by atoms with Crippen LogP contribution in [0.2, 0.25) is 0 Å². The molecule has 1 aliphatic rings. The van der Waals surface area contributed by atoms with Gasteiger partial charge in [-0.15, -0.1) is 0 Å². The Morgan fingerprint density at radius 2 is 2.10 bits per heavy atom. The Balaban J connectivity index is 1.99. The van der Waals surface area contributed by atoms with Gasteiger partial charge < -0.3 is 10.1 Å². The minimum absolute atomic E-state index is 0.643. The number of benzene rings is 1. The van der Waals surface area contributed by atoms with Crippen LogP contribution < -0.4 is 10.1 Å². The van der Waals surface area contributed by atoms with Crippen molar-refractivity contribution in [3.63, 3.8) is 0 Å².